The minimum atomic E-state index is -0.952. The van der Waals surface area contributed by atoms with E-state index in [0.29, 0.717) is 6.54 Å². The fourth-order valence-corrected chi connectivity index (χ4v) is 2.78. The molecule has 2 rings (SSSR count). The van der Waals surface area contributed by atoms with Gasteiger partial charge in [-0.05, 0) is 44.0 Å². The van der Waals surface area contributed by atoms with E-state index in [1.165, 1.54) is 0 Å². The minimum absolute atomic E-state index is 0.0240. The number of benzene rings is 1. The molecule has 0 bridgehead atoms. The van der Waals surface area contributed by atoms with Crippen LogP contribution >= 0.6 is 0 Å². The molecule has 1 aromatic carbocycles. The van der Waals surface area contributed by atoms with E-state index in [1.807, 2.05) is 6.92 Å². The maximum atomic E-state index is 12.3. The van der Waals surface area contributed by atoms with Crippen molar-refractivity contribution in [3.05, 3.63) is 35.4 Å². The van der Waals surface area contributed by atoms with Gasteiger partial charge in [-0.2, -0.15) is 0 Å². The molecule has 6 nitrogen and oxygen atoms in total. The smallest absolute Gasteiger partial charge is 0.335 e. The second-order valence-corrected chi connectivity index (χ2v) is 5.89. The highest BCUT2D eigenvalue weighted by atomic mass is 16.5. The Balaban J connectivity index is 1.84. The molecule has 0 radical (unpaired) electrons. The number of aromatic carboxylic acids is 1. The number of rotatable bonds is 6. The predicted octanol–water partition coefficient (Wildman–Crippen LogP) is 1.50. The van der Waals surface area contributed by atoms with Gasteiger partial charge in [0.25, 0.3) is 0 Å². The Kier molecular flexibility index (Phi) is 6.12. The van der Waals surface area contributed by atoms with E-state index in [9.17, 15) is 9.59 Å². The summed E-state index contributed by atoms with van der Waals surface area (Å²) in [6, 6.07) is 6.32. The summed E-state index contributed by atoms with van der Waals surface area (Å²) in [5, 5.41) is 11.8. The van der Waals surface area contributed by atoms with Crippen molar-refractivity contribution < 1.29 is 19.4 Å². The first-order valence-electron chi connectivity index (χ1n) is 7.88. The van der Waals surface area contributed by atoms with Crippen molar-refractivity contribution in [2.75, 3.05) is 20.2 Å². The lowest BCUT2D eigenvalue weighted by atomic mass is 10.1. The van der Waals surface area contributed by atoms with Gasteiger partial charge in [0.15, 0.2) is 0 Å². The highest BCUT2D eigenvalue weighted by Crippen LogP contribution is 2.15. The van der Waals surface area contributed by atoms with Crippen LogP contribution in [0.25, 0.3) is 0 Å². The molecule has 1 fully saturated rings. The number of carbonyl (C=O) groups is 2. The number of nitrogens with zero attached hydrogens (tertiary/aromatic N) is 1. The van der Waals surface area contributed by atoms with Crippen molar-refractivity contribution in [2.45, 2.75) is 38.5 Å². The van der Waals surface area contributed by atoms with Crippen LogP contribution in [-0.2, 0) is 16.1 Å². The first-order chi connectivity index (χ1) is 11.0. The van der Waals surface area contributed by atoms with Gasteiger partial charge in [-0.25, -0.2) is 4.79 Å². The Bertz CT molecular complexity index is 544. The van der Waals surface area contributed by atoms with Crippen LogP contribution in [0.3, 0.4) is 0 Å². The number of carboxylic acid groups (broad SMARTS) is 1. The highest BCUT2D eigenvalue weighted by Gasteiger charge is 2.27. The lowest BCUT2D eigenvalue weighted by Crippen LogP contribution is -2.50. The zero-order valence-electron chi connectivity index (χ0n) is 13.6. The van der Waals surface area contributed by atoms with Gasteiger partial charge in [-0.15, -0.1) is 0 Å². The Morgan fingerprint density at radius 2 is 2.09 bits per heavy atom. The van der Waals surface area contributed by atoms with Gasteiger partial charge in [0.05, 0.1) is 17.7 Å². The number of carboxylic acids is 1. The van der Waals surface area contributed by atoms with Crippen molar-refractivity contribution in [3.8, 4) is 0 Å². The van der Waals surface area contributed by atoms with E-state index in [4.69, 9.17) is 9.84 Å². The molecule has 1 heterocycles. The predicted molar refractivity (Wildman–Crippen MR) is 86.3 cm³/mol. The van der Waals surface area contributed by atoms with Crippen LogP contribution in [0, 0.1) is 0 Å². The number of likely N-dealkylation sites (tertiary alicyclic amines) is 1. The number of hydrogen-bond acceptors (Lipinski definition) is 4. The van der Waals surface area contributed by atoms with Crippen LogP contribution in [0.4, 0.5) is 0 Å². The largest absolute Gasteiger partial charge is 0.478 e. The molecule has 1 aliphatic heterocycles. The van der Waals surface area contributed by atoms with Gasteiger partial charge < -0.3 is 15.2 Å². The maximum Gasteiger partial charge on any atom is 0.335 e. The van der Waals surface area contributed by atoms with Crippen molar-refractivity contribution in [1.29, 1.82) is 0 Å². The average Bonchev–Trinajstić information content (AvgIpc) is 2.59. The van der Waals surface area contributed by atoms with Gasteiger partial charge in [-0.3, -0.25) is 9.69 Å². The molecule has 0 aliphatic carbocycles. The van der Waals surface area contributed by atoms with Gasteiger partial charge in [0.2, 0.25) is 5.91 Å². The third-order valence-corrected chi connectivity index (χ3v) is 4.34. The SMILES string of the molecule is COC1CCCN(C(C)C(=O)NCc2ccc(C(=O)O)cc2)C1. The van der Waals surface area contributed by atoms with Crippen molar-refractivity contribution >= 4 is 11.9 Å². The lowest BCUT2D eigenvalue weighted by molar-refractivity contribution is -0.127. The Morgan fingerprint density at radius 3 is 2.70 bits per heavy atom. The molecule has 0 spiro atoms. The summed E-state index contributed by atoms with van der Waals surface area (Å²) in [5.74, 6) is -0.976. The second kappa shape index (κ2) is 8.08. The maximum absolute atomic E-state index is 12.3. The summed E-state index contributed by atoms with van der Waals surface area (Å²) in [4.78, 5) is 25.2. The first-order valence-corrected chi connectivity index (χ1v) is 7.88. The normalized spacial score (nSPS) is 20.0. The molecule has 2 atom stereocenters. The van der Waals surface area contributed by atoms with Crippen molar-refractivity contribution in [2.24, 2.45) is 0 Å². The molecule has 1 saturated heterocycles. The van der Waals surface area contributed by atoms with Gasteiger partial charge in [0.1, 0.15) is 0 Å². The molecule has 2 N–H and O–H groups in total. The van der Waals surface area contributed by atoms with Crippen LogP contribution in [-0.4, -0.2) is 54.2 Å². The third-order valence-electron chi connectivity index (χ3n) is 4.34. The molecule has 23 heavy (non-hydrogen) atoms. The summed E-state index contributed by atoms with van der Waals surface area (Å²) in [6.07, 6.45) is 2.27. The number of methoxy groups -OCH3 is 1. The quantitative estimate of drug-likeness (QED) is 0.830. The van der Waals surface area contributed by atoms with Crippen LogP contribution in [0.5, 0.6) is 0 Å². The number of ether oxygens (including phenoxy) is 1. The van der Waals surface area contributed by atoms with Crippen molar-refractivity contribution in [1.82, 2.24) is 10.2 Å². The molecule has 2 unspecified atom stereocenters. The lowest BCUT2D eigenvalue weighted by Gasteiger charge is -2.35. The zero-order chi connectivity index (χ0) is 16.8. The third kappa shape index (κ3) is 4.77. The van der Waals surface area contributed by atoms with Gasteiger partial charge in [-0.1, -0.05) is 12.1 Å². The van der Waals surface area contributed by atoms with Gasteiger partial charge >= 0.3 is 5.97 Å². The summed E-state index contributed by atoms with van der Waals surface area (Å²) in [5.41, 5.74) is 1.12. The molecule has 1 aliphatic rings. The Morgan fingerprint density at radius 1 is 1.39 bits per heavy atom. The zero-order valence-corrected chi connectivity index (χ0v) is 13.6. The highest BCUT2D eigenvalue weighted by molar-refractivity contribution is 5.87. The van der Waals surface area contributed by atoms with E-state index in [-0.39, 0.29) is 23.6 Å². The molecule has 6 heteroatoms. The van der Waals surface area contributed by atoms with Crippen LogP contribution < -0.4 is 5.32 Å². The van der Waals surface area contributed by atoms with Crippen LogP contribution in [0.2, 0.25) is 0 Å². The monoisotopic (exact) mass is 320 g/mol. The summed E-state index contributed by atoms with van der Waals surface area (Å²) < 4.78 is 5.39. The fraction of sp³-hybridized carbons (Fsp3) is 0.529. The molecule has 0 saturated carbocycles. The molecular formula is C17H24N2O4. The minimum Gasteiger partial charge on any atom is -0.478 e. The number of piperidine rings is 1. The number of nitrogens with one attached hydrogen (secondary N) is 1. The van der Waals surface area contributed by atoms with E-state index in [1.54, 1.807) is 31.4 Å². The van der Waals surface area contributed by atoms with Crippen LogP contribution in [0.1, 0.15) is 35.7 Å². The van der Waals surface area contributed by atoms with Gasteiger partial charge in [0, 0.05) is 20.2 Å². The molecule has 1 amide bonds. The van der Waals surface area contributed by atoms with E-state index in [0.717, 1.165) is 31.5 Å². The van der Waals surface area contributed by atoms with E-state index in [2.05, 4.69) is 10.2 Å². The van der Waals surface area contributed by atoms with Crippen molar-refractivity contribution in [3.63, 3.8) is 0 Å². The molecular weight excluding hydrogens is 296 g/mol. The number of amides is 1. The summed E-state index contributed by atoms with van der Waals surface area (Å²) in [6.45, 7) is 3.98. The number of hydrogen-bond donors (Lipinski definition) is 2. The average molecular weight is 320 g/mol. The molecule has 1 aromatic rings. The second-order valence-electron chi connectivity index (χ2n) is 5.89. The van der Waals surface area contributed by atoms with Crippen LogP contribution in [0.15, 0.2) is 24.3 Å². The molecule has 126 valence electrons. The Hall–Kier alpha value is -1.92. The summed E-state index contributed by atoms with van der Waals surface area (Å²) in [7, 11) is 1.71. The first kappa shape index (κ1) is 17.4. The standard InChI is InChI=1S/C17H24N2O4/c1-12(19-9-3-4-15(11-19)23-2)16(20)18-10-13-5-7-14(8-6-13)17(21)22/h5-8,12,15H,3-4,9-11H2,1-2H3,(H,18,20)(H,21,22). The van der Waals surface area contributed by atoms with E-state index >= 15 is 0 Å². The number of carbonyl (C=O) groups excluding carboxylic acids is 1. The topological polar surface area (TPSA) is 78.9 Å². The fourth-order valence-electron chi connectivity index (χ4n) is 2.78. The van der Waals surface area contributed by atoms with E-state index < -0.39 is 5.97 Å². The molecule has 0 aromatic heterocycles. The Labute approximate surface area is 136 Å². The summed E-state index contributed by atoms with van der Waals surface area (Å²) >= 11 is 0.